The number of H-pyrrole nitrogens is 1. The van der Waals surface area contributed by atoms with Crippen molar-refractivity contribution in [1.82, 2.24) is 19.9 Å². The van der Waals surface area contributed by atoms with Gasteiger partial charge in [0.15, 0.2) is 11.5 Å². The predicted octanol–water partition coefficient (Wildman–Crippen LogP) is 5.38. The Morgan fingerprint density at radius 1 is 0.971 bits per heavy atom. The van der Waals surface area contributed by atoms with E-state index in [1.165, 1.54) is 11.3 Å². The third kappa shape index (κ3) is 4.45. The first-order chi connectivity index (χ1) is 17.1. The fourth-order valence-electron chi connectivity index (χ4n) is 4.55. The molecule has 5 rings (SSSR count). The Kier molecular flexibility index (Phi) is 6.61. The van der Waals surface area contributed by atoms with E-state index in [1.54, 1.807) is 11.9 Å². The van der Waals surface area contributed by atoms with E-state index in [0.29, 0.717) is 6.54 Å². The van der Waals surface area contributed by atoms with Crippen LogP contribution in [0.15, 0.2) is 90.0 Å². The molecule has 1 fully saturated rings. The maximum atomic E-state index is 14.0. The Hall–Kier alpha value is -3.55. The summed E-state index contributed by atoms with van der Waals surface area (Å²) in [5.41, 5.74) is 2.50. The van der Waals surface area contributed by atoms with Crippen LogP contribution in [0.2, 0.25) is 0 Å². The first-order valence-corrected chi connectivity index (χ1v) is 12.7. The predicted molar refractivity (Wildman–Crippen MR) is 142 cm³/mol. The zero-order chi connectivity index (χ0) is 24.3. The van der Waals surface area contributed by atoms with Crippen LogP contribution in [0.4, 0.5) is 0 Å². The number of hydrogen-bond acceptors (Lipinski definition) is 4. The highest BCUT2D eigenvalue weighted by Crippen LogP contribution is 2.36. The SMILES string of the molecule is CCCCNSc1cc2ccc(CN3C(=N)NC(c4ccccc4)(c4ccccc4)C3=O)cc2[nH]1. The Labute approximate surface area is 209 Å². The van der Waals surface area contributed by atoms with E-state index in [9.17, 15) is 4.79 Å². The van der Waals surface area contributed by atoms with Crippen molar-refractivity contribution in [3.63, 3.8) is 0 Å². The number of guanidine groups is 1. The van der Waals surface area contributed by atoms with Crippen molar-refractivity contribution in [2.75, 3.05) is 6.54 Å². The summed E-state index contributed by atoms with van der Waals surface area (Å²) in [4.78, 5) is 19.0. The summed E-state index contributed by atoms with van der Waals surface area (Å²) in [5.74, 6) is -0.0477. The summed E-state index contributed by atoms with van der Waals surface area (Å²) in [5, 5.41) is 14.1. The minimum absolute atomic E-state index is 0.102. The van der Waals surface area contributed by atoms with Crippen molar-refractivity contribution in [2.24, 2.45) is 0 Å². The van der Waals surface area contributed by atoms with Crippen LogP contribution in [0.5, 0.6) is 0 Å². The van der Waals surface area contributed by atoms with Gasteiger partial charge in [0.25, 0.3) is 5.91 Å². The first-order valence-electron chi connectivity index (χ1n) is 11.9. The number of aromatic nitrogens is 1. The maximum absolute atomic E-state index is 14.0. The summed E-state index contributed by atoms with van der Waals surface area (Å²) in [6, 6.07) is 27.6. The maximum Gasteiger partial charge on any atom is 0.264 e. The van der Waals surface area contributed by atoms with Gasteiger partial charge in [-0.2, -0.15) is 0 Å². The third-order valence-corrected chi connectivity index (χ3v) is 7.16. The molecule has 0 saturated carbocycles. The largest absolute Gasteiger partial charge is 0.349 e. The molecule has 178 valence electrons. The normalized spacial score (nSPS) is 15.1. The van der Waals surface area contributed by atoms with E-state index in [1.807, 2.05) is 66.7 Å². The quantitative estimate of drug-likeness (QED) is 0.190. The molecule has 0 spiro atoms. The number of amides is 1. The minimum Gasteiger partial charge on any atom is -0.349 e. The highest BCUT2D eigenvalue weighted by atomic mass is 32.2. The molecule has 4 N–H and O–H groups in total. The Balaban J connectivity index is 1.42. The average Bonchev–Trinajstić information content (AvgIpc) is 3.41. The van der Waals surface area contributed by atoms with Gasteiger partial charge in [0.05, 0.1) is 11.6 Å². The van der Waals surface area contributed by atoms with Crippen LogP contribution in [-0.4, -0.2) is 28.3 Å². The molecule has 1 amide bonds. The first kappa shape index (κ1) is 23.2. The molecule has 0 bridgehead atoms. The second kappa shape index (κ2) is 9.98. The van der Waals surface area contributed by atoms with Crippen LogP contribution in [-0.2, 0) is 16.9 Å². The zero-order valence-electron chi connectivity index (χ0n) is 19.7. The fraction of sp³-hybridized carbons (Fsp3) is 0.214. The fourth-order valence-corrected chi connectivity index (χ4v) is 5.30. The van der Waals surface area contributed by atoms with Crippen LogP contribution in [0, 0.1) is 5.41 Å². The molecule has 6 nitrogen and oxygen atoms in total. The number of benzene rings is 3. The average molecular weight is 484 g/mol. The monoisotopic (exact) mass is 483 g/mol. The van der Waals surface area contributed by atoms with Gasteiger partial charge in [-0.25, -0.2) is 0 Å². The lowest BCUT2D eigenvalue weighted by molar-refractivity contribution is -0.130. The lowest BCUT2D eigenvalue weighted by Gasteiger charge is -2.28. The number of aromatic amines is 1. The van der Waals surface area contributed by atoms with Gasteiger partial charge in [-0.15, -0.1) is 0 Å². The topological polar surface area (TPSA) is 84.0 Å². The zero-order valence-corrected chi connectivity index (χ0v) is 20.5. The van der Waals surface area contributed by atoms with Crippen LogP contribution in [0.3, 0.4) is 0 Å². The van der Waals surface area contributed by atoms with E-state index in [2.05, 4.69) is 40.1 Å². The molecule has 1 aromatic heterocycles. The van der Waals surface area contributed by atoms with Gasteiger partial charge in [0.1, 0.15) is 0 Å². The van der Waals surface area contributed by atoms with Crippen LogP contribution in [0.1, 0.15) is 36.5 Å². The van der Waals surface area contributed by atoms with Crippen molar-refractivity contribution in [1.29, 1.82) is 5.41 Å². The molecule has 2 heterocycles. The Morgan fingerprint density at radius 3 is 2.31 bits per heavy atom. The third-order valence-electron chi connectivity index (χ3n) is 6.37. The van der Waals surface area contributed by atoms with E-state index in [-0.39, 0.29) is 11.9 Å². The molecule has 0 aliphatic carbocycles. The summed E-state index contributed by atoms with van der Waals surface area (Å²) in [7, 11) is 0. The van der Waals surface area contributed by atoms with Gasteiger partial charge in [0.2, 0.25) is 0 Å². The molecule has 1 saturated heterocycles. The number of rotatable bonds is 9. The molecule has 3 aromatic carbocycles. The van der Waals surface area contributed by atoms with Gasteiger partial charge >= 0.3 is 0 Å². The van der Waals surface area contributed by atoms with Crippen molar-refractivity contribution in [2.45, 2.75) is 36.9 Å². The Morgan fingerprint density at radius 2 is 1.66 bits per heavy atom. The van der Waals surface area contributed by atoms with Gasteiger partial charge < -0.3 is 10.3 Å². The molecule has 0 atom stereocenters. The second-order valence-corrected chi connectivity index (χ2v) is 9.68. The molecule has 35 heavy (non-hydrogen) atoms. The number of carbonyl (C=O) groups excluding carboxylic acids is 1. The molecule has 4 aromatic rings. The number of unbranched alkanes of at least 4 members (excludes halogenated alkanes) is 1. The van der Waals surface area contributed by atoms with E-state index >= 15 is 0 Å². The highest BCUT2D eigenvalue weighted by Gasteiger charge is 2.52. The van der Waals surface area contributed by atoms with Crippen molar-refractivity contribution in [3.05, 3.63) is 102 Å². The van der Waals surface area contributed by atoms with Crippen LogP contribution >= 0.6 is 11.9 Å². The van der Waals surface area contributed by atoms with Gasteiger partial charge in [-0.1, -0.05) is 86.1 Å². The summed E-state index contributed by atoms with van der Waals surface area (Å²) < 4.78 is 3.38. The molecule has 0 unspecified atom stereocenters. The highest BCUT2D eigenvalue weighted by molar-refractivity contribution is 7.97. The summed E-state index contributed by atoms with van der Waals surface area (Å²) in [6.07, 6.45) is 2.31. The van der Waals surface area contributed by atoms with E-state index in [0.717, 1.165) is 45.6 Å². The lowest BCUT2D eigenvalue weighted by atomic mass is 9.82. The molecule has 1 aliphatic heterocycles. The second-order valence-electron chi connectivity index (χ2n) is 8.75. The Bertz CT molecular complexity index is 1300. The molecular weight excluding hydrogens is 454 g/mol. The smallest absolute Gasteiger partial charge is 0.264 e. The minimum atomic E-state index is -1.12. The van der Waals surface area contributed by atoms with Crippen molar-refractivity contribution in [3.8, 4) is 0 Å². The van der Waals surface area contributed by atoms with Gasteiger partial charge in [-0.3, -0.25) is 19.8 Å². The number of carbonyl (C=O) groups is 1. The van der Waals surface area contributed by atoms with E-state index < -0.39 is 5.54 Å². The van der Waals surface area contributed by atoms with Gasteiger partial charge in [-0.05, 0) is 47.2 Å². The molecular formula is C28H29N5OS. The molecule has 7 heteroatoms. The van der Waals surface area contributed by atoms with Crippen molar-refractivity contribution >= 4 is 34.7 Å². The van der Waals surface area contributed by atoms with E-state index in [4.69, 9.17) is 5.41 Å². The summed E-state index contributed by atoms with van der Waals surface area (Å²) >= 11 is 1.61. The number of nitrogens with one attached hydrogen (secondary N) is 4. The van der Waals surface area contributed by atoms with Gasteiger partial charge in [0, 0.05) is 17.4 Å². The lowest BCUT2D eigenvalue weighted by Crippen LogP contribution is -2.45. The van der Waals surface area contributed by atoms with Crippen molar-refractivity contribution < 1.29 is 4.79 Å². The molecule has 0 radical (unpaired) electrons. The summed E-state index contributed by atoms with van der Waals surface area (Å²) in [6.45, 7) is 3.47. The van der Waals surface area contributed by atoms with Crippen LogP contribution in [0.25, 0.3) is 10.9 Å². The standard InChI is InChI=1S/C28H29N5OS/c1-2-3-16-30-35-25-18-21-15-14-20(17-24(21)31-25)19-33-26(34)28(32-27(33)29,22-10-6-4-7-11-22)23-12-8-5-9-13-23/h4-15,17-18,30-31H,2-3,16,19H2,1H3,(H2,29,32). The molecule has 1 aliphatic rings. The number of hydrogen-bond donors (Lipinski definition) is 4. The number of nitrogens with zero attached hydrogens (tertiary/aromatic N) is 1. The number of fused-ring (bicyclic) bond motifs is 1. The van der Waals surface area contributed by atoms with Crippen LogP contribution < -0.4 is 10.0 Å².